The normalized spacial score (nSPS) is 19.4. The van der Waals surface area contributed by atoms with Gasteiger partial charge in [0.15, 0.2) is 0 Å². The summed E-state index contributed by atoms with van der Waals surface area (Å²) in [6.07, 6.45) is 2.56. The molecule has 106 valence electrons. The van der Waals surface area contributed by atoms with E-state index in [1.165, 1.54) is 0 Å². The van der Waals surface area contributed by atoms with E-state index in [1.807, 2.05) is 12.1 Å². The molecule has 0 amide bonds. The van der Waals surface area contributed by atoms with Crippen molar-refractivity contribution in [3.05, 3.63) is 51.9 Å². The molecule has 1 unspecified atom stereocenters. The molecule has 5 heteroatoms. The van der Waals surface area contributed by atoms with Crippen molar-refractivity contribution >= 4 is 23.2 Å². The predicted molar refractivity (Wildman–Crippen MR) is 79.7 cm³/mol. The van der Waals surface area contributed by atoms with E-state index >= 15 is 0 Å². The van der Waals surface area contributed by atoms with E-state index in [9.17, 15) is 0 Å². The van der Waals surface area contributed by atoms with Crippen LogP contribution >= 0.6 is 23.2 Å². The second-order valence-electron chi connectivity index (χ2n) is 4.99. The summed E-state index contributed by atoms with van der Waals surface area (Å²) in [5.41, 5.74) is 1.11. The van der Waals surface area contributed by atoms with Crippen LogP contribution in [-0.4, -0.2) is 25.0 Å². The van der Waals surface area contributed by atoms with Gasteiger partial charge in [-0.1, -0.05) is 23.2 Å². The van der Waals surface area contributed by atoms with Crippen molar-refractivity contribution in [3.8, 4) is 5.75 Å². The van der Waals surface area contributed by atoms with Gasteiger partial charge in [-0.05, 0) is 25.2 Å². The molecule has 20 heavy (non-hydrogen) atoms. The first-order valence-electron chi connectivity index (χ1n) is 6.50. The van der Waals surface area contributed by atoms with Gasteiger partial charge in [0, 0.05) is 31.1 Å². The monoisotopic (exact) mass is 311 g/mol. The standard InChI is InChI=1S/C15H15Cl2NO2/c1-18-6-4-14-11(5-7-19-14)15(9-18)20-10-2-3-12(16)13(17)8-10/h2-3,5,7-8,15H,4,6,9H2,1H3. The molecule has 2 heterocycles. The zero-order chi connectivity index (χ0) is 14.1. The fourth-order valence-corrected chi connectivity index (χ4v) is 2.71. The number of furan rings is 1. The topological polar surface area (TPSA) is 25.6 Å². The van der Waals surface area contributed by atoms with Gasteiger partial charge in [0.25, 0.3) is 0 Å². The second-order valence-corrected chi connectivity index (χ2v) is 5.81. The van der Waals surface area contributed by atoms with Crippen LogP contribution in [0.1, 0.15) is 17.4 Å². The molecule has 1 aromatic carbocycles. The van der Waals surface area contributed by atoms with E-state index in [-0.39, 0.29) is 6.10 Å². The van der Waals surface area contributed by atoms with Gasteiger partial charge in [-0.2, -0.15) is 0 Å². The summed E-state index contributed by atoms with van der Waals surface area (Å²) in [6.45, 7) is 1.77. The Hall–Kier alpha value is -1.16. The number of halogens is 2. The highest BCUT2D eigenvalue weighted by Crippen LogP contribution is 2.32. The van der Waals surface area contributed by atoms with E-state index in [1.54, 1.807) is 18.4 Å². The van der Waals surface area contributed by atoms with Gasteiger partial charge in [-0.25, -0.2) is 0 Å². The number of fused-ring (bicyclic) bond motifs is 1. The van der Waals surface area contributed by atoms with Gasteiger partial charge in [0.2, 0.25) is 0 Å². The quantitative estimate of drug-likeness (QED) is 0.831. The molecule has 3 nitrogen and oxygen atoms in total. The fourth-order valence-electron chi connectivity index (χ4n) is 2.42. The molecule has 3 rings (SSSR count). The maximum Gasteiger partial charge on any atom is 0.140 e. The third kappa shape index (κ3) is 2.80. The number of ether oxygens (including phenoxy) is 1. The Kier molecular flexibility index (Phi) is 3.92. The molecular formula is C15H15Cl2NO2. The molecule has 2 aromatic rings. The molecule has 0 saturated heterocycles. The third-order valence-electron chi connectivity index (χ3n) is 3.49. The largest absolute Gasteiger partial charge is 0.484 e. The summed E-state index contributed by atoms with van der Waals surface area (Å²) in [5.74, 6) is 1.71. The Bertz CT molecular complexity index is 612. The lowest BCUT2D eigenvalue weighted by Gasteiger charge is -2.21. The highest BCUT2D eigenvalue weighted by atomic mass is 35.5. The van der Waals surface area contributed by atoms with Gasteiger partial charge in [-0.15, -0.1) is 0 Å². The number of rotatable bonds is 2. The van der Waals surface area contributed by atoms with Crippen LogP contribution in [0.2, 0.25) is 10.0 Å². The first-order valence-corrected chi connectivity index (χ1v) is 7.25. The first kappa shape index (κ1) is 13.8. The van der Waals surface area contributed by atoms with Crippen LogP contribution in [0.25, 0.3) is 0 Å². The summed E-state index contributed by atoms with van der Waals surface area (Å²) in [4.78, 5) is 2.23. The summed E-state index contributed by atoms with van der Waals surface area (Å²) in [7, 11) is 2.08. The van der Waals surface area contributed by atoms with Gasteiger partial charge in [0.05, 0.1) is 16.3 Å². The number of hydrogen-bond donors (Lipinski definition) is 0. The van der Waals surface area contributed by atoms with Crippen molar-refractivity contribution in [2.75, 3.05) is 20.1 Å². The molecule has 0 aliphatic carbocycles. The van der Waals surface area contributed by atoms with E-state index < -0.39 is 0 Å². The predicted octanol–water partition coefficient (Wildman–Crippen LogP) is 4.19. The second kappa shape index (κ2) is 5.68. The third-order valence-corrected chi connectivity index (χ3v) is 4.23. The Morgan fingerprint density at radius 1 is 1.25 bits per heavy atom. The van der Waals surface area contributed by atoms with Gasteiger partial charge in [-0.3, -0.25) is 0 Å². The summed E-state index contributed by atoms with van der Waals surface area (Å²) in [6, 6.07) is 7.31. The van der Waals surface area contributed by atoms with Gasteiger partial charge < -0.3 is 14.1 Å². The highest BCUT2D eigenvalue weighted by molar-refractivity contribution is 6.42. The van der Waals surface area contributed by atoms with Crippen LogP contribution < -0.4 is 4.74 Å². The van der Waals surface area contributed by atoms with Crippen molar-refractivity contribution < 1.29 is 9.15 Å². The first-order chi connectivity index (χ1) is 9.63. The molecular weight excluding hydrogens is 297 g/mol. The molecule has 1 aliphatic rings. The minimum atomic E-state index is -0.0616. The molecule has 0 N–H and O–H groups in total. The number of likely N-dealkylation sites (N-methyl/N-ethyl adjacent to an activating group) is 1. The zero-order valence-corrected chi connectivity index (χ0v) is 12.6. The Morgan fingerprint density at radius 3 is 2.90 bits per heavy atom. The number of nitrogens with zero attached hydrogens (tertiary/aromatic N) is 1. The SMILES string of the molecule is CN1CCc2occc2C(Oc2ccc(Cl)c(Cl)c2)C1. The molecule has 0 fully saturated rings. The smallest absolute Gasteiger partial charge is 0.140 e. The highest BCUT2D eigenvalue weighted by Gasteiger charge is 2.25. The zero-order valence-electron chi connectivity index (χ0n) is 11.1. The summed E-state index contributed by atoms with van der Waals surface area (Å²) < 4.78 is 11.6. The Balaban J connectivity index is 1.87. The molecule has 0 radical (unpaired) electrons. The average molecular weight is 312 g/mol. The van der Waals surface area contributed by atoms with Crippen molar-refractivity contribution in [2.24, 2.45) is 0 Å². The molecule has 1 aliphatic heterocycles. The summed E-state index contributed by atoms with van der Waals surface area (Å²) >= 11 is 12.0. The lowest BCUT2D eigenvalue weighted by Crippen LogP contribution is -2.26. The van der Waals surface area contributed by atoms with Crippen LogP contribution in [0, 0.1) is 0 Å². The van der Waals surface area contributed by atoms with Crippen molar-refractivity contribution in [1.29, 1.82) is 0 Å². The molecule has 0 saturated carbocycles. The molecule has 0 spiro atoms. The Morgan fingerprint density at radius 2 is 2.10 bits per heavy atom. The number of benzene rings is 1. The lowest BCUT2D eigenvalue weighted by atomic mass is 10.1. The van der Waals surface area contributed by atoms with E-state index in [0.717, 1.165) is 30.8 Å². The maximum absolute atomic E-state index is 6.08. The van der Waals surface area contributed by atoms with Crippen molar-refractivity contribution in [1.82, 2.24) is 4.90 Å². The van der Waals surface area contributed by atoms with Crippen LogP contribution in [0.5, 0.6) is 5.75 Å². The Labute approximate surface area is 128 Å². The van der Waals surface area contributed by atoms with Crippen molar-refractivity contribution in [2.45, 2.75) is 12.5 Å². The molecule has 1 atom stereocenters. The van der Waals surface area contributed by atoms with Gasteiger partial charge >= 0.3 is 0 Å². The minimum Gasteiger partial charge on any atom is -0.484 e. The van der Waals surface area contributed by atoms with E-state index in [0.29, 0.717) is 15.8 Å². The van der Waals surface area contributed by atoms with Crippen LogP contribution in [-0.2, 0) is 6.42 Å². The average Bonchev–Trinajstić information content (AvgIpc) is 2.83. The van der Waals surface area contributed by atoms with Crippen LogP contribution in [0.15, 0.2) is 34.9 Å². The van der Waals surface area contributed by atoms with E-state index in [2.05, 4.69) is 11.9 Å². The van der Waals surface area contributed by atoms with Crippen LogP contribution in [0.4, 0.5) is 0 Å². The van der Waals surface area contributed by atoms with Gasteiger partial charge in [0.1, 0.15) is 17.6 Å². The molecule has 0 bridgehead atoms. The molecule has 1 aromatic heterocycles. The fraction of sp³-hybridized carbons (Fsp3) is 0.333. The van der Waals surface area contributed by atoms with E-state index in [4.69, 9.17) is 32.4 Å². The summed E-state index contributed by atoms with van der Waals surface area (Å²) in [5, 5.41) is 1.03. The minimum absolute atomic E-state index is 0.0616. The lowest BCUT2D eigenvalue weighted by molar-refractivity contribution is 0.156. The maximum atomic E-state index is 6.08. The van der Waals surface area contributed by atoms with Crippen LogP contribution in [0.3, 0.4) is 0 Å². The van der Waals surface area contributed by atoms with Crippen molar-refractivity contribution in [3.63, 3.8) is 0 Å². The number of hydrogen-bond acceptors (Lipinski definition) is 3.